The molecule has 2 heterocycles. The highest BCUT2D eigenvalue weighted by Crippen LogP contribution is 2.47. The molecular formula is C22H33BrN2O4Si. The molecule has 1 saturated heterocycles. The molecule has 1 spiro atoms. The molecule has 0 N–H and O–H groups in total. The van der Waals surface area contributed by atoms with Gasteiger partial charge in [0.2, 0.25) is 0 Å². The predicted octanol–water partition coefficient (Wildman–Crippen LogP) is 5.62. The van der Waals surface area contributed by atoms with Crippen LogP contribution in [0, 0.1) is 0 Å². The fourth-order valence-electron chi connectivity index (χ4n) is 4.03. The van der Waals surface area contributed by atoms with Gasteiger partial charge in [-0.2, -0.15) is 0 Å². The van der Waals surface area contributed by atoms with Crippen molar-refractivity contribution in [3.8, 4) is 0 Å². The number of ether oxygens (including phenoxy) is 2. The van der Waals surface area contributed by atoms with E-state index in [1.807, 2.05) is 32.9 Å². The maximum absolute atomic E-state index is 12.9. The molecule has 0 bridgehead atoms. The minimum absolute atomic E-state index is 0.298. The maximum atomic E-state index is 12.9. The van der Waals surface area contributed by atoms with E-state index in [0.29, 0.717) is 26.2 Å². The Hall–Kier alpha value is -1.54. The fourth-order valence-corrected chi connectivity index (χ4v) is 5.11. The molecule has 2 aliphatic heterocycles. The minimum Gasteiger partial charge on any atom is -0.449 e. The summed E-state index contributed by atoms with van der Waals surface area (Å²) in [5, 5.41) is 0. The van der Waals surface area contributed by atoms with E-state index < -0.39 is 13.7 Å². The van der Waals surface area contributed by atoms with Gasteiger partial charge >= 0.3 is 12.2 Å². The second kappa shape index (κ2) is 8.18. The van der Waals surface area contributed by atoms with Crippen LogP contribution in [-0.2, 0) is 14.9 Å². The Morgan fingerprint density at radius 2 is 1.87 bits per heavy atom. The summed E-state index contributed by atoms with van der Waals surface area (Å²) in [6.45, 7) is 14.5. The van der Waals surface area contributed by atoms with Crippen molar-refractivity contribution in [2.24, 2.45) is 0 Å². The first-order valence-corrected chi connectivity index (χ1v) is 15.0. The Morgan fingerprint density at radius 1 is 1.17 bits per heavy atom. The number of rotatable bonds is 3. The van der Waals surface area contributed by atoms with Crippen LogP contribution in [0.4, 0.5) is 15.3 Å². The molecule has 2 aliphatic rings. The summed E-state index contributed by atoms with van der Waals surface area (Å²) < 4.78 is 12.2. The minimum atomic E-state index is -1.28. The van der Waals surface area contributed by atoms with Gasteiger partial charge in [-0.05, 0) is 57.0 Å². The number of hydrogen-bond acceptors (Lipinski definition) is 4. The number of hydrogen-bond donors (Lipinski definition) is 0. The molecule has 1 aromatic rings. The van der Waals surface area contributed by atoms with Crippen molar-refractivity contribution in [2.75, 3.05) is 31.1 Å². The summed E-state index contributed by atoms with van der Waals surface area (Å²) in [6, 6.07) is 6.92. The van der Waals surface area contributed by atoms with Crippen molar-refractivity contribution in [3.63, 3.8) is 0 Å². The molecule has 1 unspecified atom stereocenters. The summed E-state index contributed by atoms with van der Waals surface area (Å²) >= 11 is 3.56. The fraction of sp³-hybridized carbons (Fsp3) is 0.636. The molecule has 1 aromatic carbocycles. The van der Waals surface area contributed by atoms with Gasteiger partial charge in [-0.15, -0.1) is 0 Å². The van der Waals surface area contributed by atoms with Crippen LogP contribution in [0.25, 0.3) is 0 Å². The quantitative estimate of drug-likeness (QED) is 0.509. The van der Waals surface area contributed by atoms with Crippen LogP contribution < -0.4 is 4.90 Å². The lowest BCUT2D eigenvalue weighted by molar-refractivity contribution is 0.0285. The molecule has 1 fully saturated rings. The molecule has 8 heteroatoms. The molecule has 1 atom stereocenters. The molecule has 0 aromatic heterocycles. The van der Waals surface area contributed by atoms with Crippen LogP contribution >= 0.6 is 15.9 Å². The maximum Gasteiger partial charge on any atom is 0.414 e. The number of halogens is 1. The third-order valence-corrected chi connectivity index (χ3v) is 7.78. The van der Waals surface area contributed by atoms with Crippen LogP contribution in [0.2, 0.25) is 25.7 Å². The van der Waals surface area contributed by atoms with Crippen molar-refractivity contribution in [1.29, 1.82) is 0 Å². The van der Waals surface area contributed by atoms with E-state index in [4.69, 9.17) is 9.47 Å². The first-order chi connectivity index (χ1) is 13.8. The summed E-state index contributed by atoms with van der Waals surface area (Å²) in [6.07, 6.45) is 0.186. The summed E-state index contributed by atoms with van der Waals surface area (Å²) in [7, 11) is -1.28. The smallest absolute Gasteiger partial charge is 0.414 e. The number of benzene rings is 1. The monoisotopic (exact) mass is 496 g/mol. The zero-order chi connectivity index (χ0) is 22.3. The molecule has 6 nitrogen and oxygen atoms in total. The van der Waals surface area contributed by atoms with Crippen LogP contribution in [0.3, 0.4) is 0 Å². The zero-order valence-electron chi connectivity index (χ0n) is 18.9. The lowest BCUT2D eigenvalue weighted by Crippen LogP contribution is -2.41. The van der Waals surface area contributed by atoms with E-state index in [-0.39, 0.29) is 17.6 Å². The molecule has 2 amide bonds. The van der Waals surface area contributed by atoms with E-state index in [1.54, 1.807) is 9.80 Å². The zero-order valence-corrected chi connectivity index (χ0v) is 21.5. The molecule has 0 aliphatic carbocycles. The average Bonchev–Trinajstić information content (AvgIpc) is 3.15. The van der Waals surface area contributed by atoms with Gasteiger partial charge in [0.15, 0.2) is 0 Å². The Morgan fingerprint density at radius 3 is 2.50 bits per heavy atom. The van der Waals surface area contributed by atoms with Gasteiger partial charge in [-0.3, -0.25) is 4.90 Å². The average molecular weight is 498 g/mol. The third kappa shape index (κ3) is 5.19. The lowest BCUT2D eigenvalue weighted by atomic mass is 9.82. The Labute approximate surface area is 189 Å². The van der Waals surface area contributed by atoms with Gasteiger partial charge in [-0.1, -0.05) is 35.6 Å². The van der Waals surface area contributed by atoms with Crippen LogP contribution in [-0.4, -0.2) is 57.0 Å². The van der Waals surface area contributed by atoms with E-state index >= 15 is 0 Å². The number of nitrogens with zero attached hydrogens (tertiary/aromatic N) is 2. The van der Waals surface area contributed by atoms with Crippen molar-refractivity contribution < 1.29 is 19.1 Å². The largest absolute Gasteiger partial charge is 0.449 e. The van der Waals surface area contributed by atoms with Gasteiger partial charge in [0.25, 0.3) is 0 Å². The van der Waals surface area contributed by atoms with Gasteiger partial charge in [0.05, 0.1) is 12.3 Å². The second-order valence-corrected chi connectivity index (χ2v) is 17.1. The van der Waals surface area contributed by atoms with Crippen LogP contribution in [0.15, 0.2) is 22.7 Å². The molecule has 3 rings (SSSR count). The number of fused-ring (bicyclic) bond motifs is 2. The van der Waals surface area contributed by atoms with E-state index in [1.165, 1.54) is 0 Å². The lowest BCUT2D eigenvalue weighted by Gasteiger charge is -2.27. The Balaban J connectivity index is 1.79. The topological polar surface area (TPSA) is 59.1 Å². The summed E-state index contributed by atoms with van der Waals surface area (Å²) in [4.78, 5) is 29.0. The predicted molar refractivity (Wildman–Crippen MR) is 125 cm³/mol. The van der Waals surface area contributed by atoms with Gasteiger partial charge < -0.3 is 14.4 Å². The third-order valence-electron chi connectivity index (χ3n) is 5.59. The van der Waals surface area contributed by atoms with Crippen molar-refractivity contribution in [2.45, 2.75) is 63.9 Å². The van der Waals surface area contributed by atoms with Gasteiger partial charge in [0, 0.05) is 37.6 Å². The highest BCUT2D eigenvalue weighted by molar-refractivity contribution is 9.10. The highest BCUT2D eigenvalue weighted by Gasteiger charge is 2.50. The Kier molecular flexibility index (Phi) is 6.31. The number of carbonyl (C=O) groups excluding carboxylic acids is 2. The molecule has 0 radical (unpaired) electrons. The van der Waals surface area contributed by atoms with Crippen LogP contribution in [0.5, 0.6) is 0 Å². The standard InChI is InChI=1S/C22H33BrN2O4Si/c1-21(2,3)29-19(26)24-10-9-22(14-24)15-25(18-8-7-16(23)13-17(18)22)20(27)28-11-12-30(4,5)6/h7-8,13H,9-12,14-15H2,1-6H3. The second-order valence-electron chi connectivity index (χ2n) is 10.6. The summed E-state index contributed by atoms with van der Waals surface area (Å²) in [5.41, 5.74) is 1.14. The van der Waals surface area contributed by atoms with Gasteiger partial charge in [0.1, 0.15) is 5.60 Å². The molecular weight excluding hydrogens is 464 g/mol. The molecule has 0 saturated carbocycles. The van der Waals surface area contributed by atoms with Crippen molar-refractivity contribution >= 4 is 41.9 Å². The normalized spacial score (nSPS) is 21.2. The van der Waals surface area contributed by atoms with Crippen molar-refractivity contribution in [1.82, 2.24) is 4.90 Å². The Bertz CT molecular complexity index is 833. The first-order valence-electron chi connectivity index (χ1n) is 10.5. The number of anilines is 1. The SMILES string of the molecule is CC(C)(C)OC(=O)N1CCC2(C1)CN(C(=O)OCC[Si](C)(C)C)c1ccc(Br)cc12. The molecule has 30 heavy (non-hydrogen) atoms. The van der Waals surface area contributed by atoms with E-state index in [0.717, 1.165) is 28.2 Å². The number of carbonyl (C=O) groups is 2. The number of likely N-dealkylation sites (tertiary alicyclic amines) is 1. The first kappa shape index (κ1) is 23.1. The van der Waals surface area contributed by atoms with E-state index in [9.17, 15) is 9.59 Å². The van der Waals surface area contributed by atoms with Gasteiger partial charge in [-0.25, -0.2) is 9.59 Å². The van der Waals surface area contributed by atoms with Crippen molar-refractivity contribution in [3.05, 3.63) is 28.2 Å². The summed E-state index contributed by atoms with van der Waals surface area (Å²) in [5.74, 6) is 0. The van der Waals surface area contributed by atoms with E-state index in [2.05, 4.69) is 41.6 Å². The number of amides is 2. The van der Waals surface area contributed by atoms with Crippen LogP contribution in [0.1, 0.15) is 32.8 Å². The highest BCUT2D eigenvalue weighted by atomic mass is 79.9. The molecule has 166 valence electrons.